The number of aliphatic imine (C=N–C) groups is 1. The van der Waals surface area contributed by atoms with E-state index >= 15 is 0 Å². The molecule has 1 aliphatic carbocycles. The first-order valence-corrected chi connectivity index (χ1v) is 15.2. The Hall–Kier alpha value is -2.38. The first-order chi connectivity index (χ1) is 18.1. The van der Waals surface area contributed by atoms with E-state index in [0.717, 1.165) is 66.5 Å². The third kappa shape index (κ3) is 4.92. The SMILES string of the molecule is CSc1nc(N2CCOCC2)c2cnn(CCNC(=O)CC3CSC4=NC5CCCCC5C(=O)N43)c2n1. The fourth-order valence-electron chi connectivity index (χ4n) is 5.65. The standard InChI is InChI=1S/C24H32N8O3S2/c1-36-23-28-20(30-8-10-35-11-9-30)17-13-26-31(21(17)29-23)7-6-25-19(33)12-15-14-37-24-27-18-5-3-2-4-16(18)22(34)32(15)24/h13,15-16,18H,2-12,14H2,1H3,(H,25,33). The highest BCUT2D eigenvalue weighted by molar-refractivity contribution is 8.14. The molecule has 3 aliphatic heterocycles. The highest BCUT2D eigenvalue weighted by Crippen LogP contribution is 2.38. The number of anilines is 1. The van der Waals surface area contributed by atoms with E-state index in [9.17, 15) is 9.59 Å². The van der Waals surface area contributed by atoms with Gasteiger partial charge in [-0.25, -0.2) is 14.6 Å². The number of aromatic nitrogens is 4. The number of carbonyl (C=O) groups excluding carboxylic acids is 2. The number of nitrogens with zero attached hydrogens (tertiary/aromatic N) is 7. The van der Waals surface area contributed by atoms with E-state index in [1.165, 1.54) is 11.8 Å². The van der Waals surface area contributed by atoms with E-state index in [0.29, 0.717) is 31.5 Å². The molecule has 6 rings (SSSR count). The number of ether oxygens (including phenoxy) is 1. The van der Waals surface area contributed by atoms with Crippen LogP contribution in [0.5, 0.6) is 0 Å². The summed E-state index contributed by atoms with van der Waals surface area (Å²) >= 11 is 3.11. The lowest BCUT2D eigenvalue weighted by atomic mass is 9.83. The summed E-state index contributed by atoms with van der Waals surface area (Å²) in [6.45, 7) is 3.86. The van der Waals surface area contributed by atoms with E-state index in [-0.39, 0.29) is 36.2 Å². The summed E-state index contributed by atoms with van der Waals surface area (Å²) in [7, 11) is 0. The lowest BCUT2D eigenvalue weighted by molar-refractivity contribution is -0.135. The van der Waals surface area contributed by atoms with E-state index < -0.39 is 0 Å². The summed E-state index contributed by atoms with van der Waals surface area (Å²) in [4.78, 5) is 44.4. The molecule has 3 atom stereocenters. The molecule has 37 heavy (non-hydrogen) atoms. The van der Waals surface area contributed by atoms with Gasteiger partial charge in [-0.15, -0.1) is 0 Å². The number of fused-ring (bicyclic) bond motifs is 3. The van der Waals surface area contributed by atoms with Gasteiger partial charge < -0.3 is 15.0 Å². The summed E-state index contributed by atoms with van der Waals surface area (Å²) < 4.78 is 7.32. The number of hydrogen-bond acceptors (Lipinski definition) is 10. The summed E-state index contributed by atoms with van der Waals surface area (Å²) in [6, 6.07) is 0.00767. The summed E-state index contributed by atoms with van der Waals surface area (Å²) in [5.41, 5.74) is 0.768. The van der Waals surface area contributed by atoms with Gasteiger partial charge in [0.15, 0.2) is 16.0 Å². The van der Waals surface area contributed by atoms with Gasteiger partial charge in [0.2, 0.25) is 11.8 Å². The third-order valence-corrected chi connectivity index (χ3v) is 9.21. The zero-order valence-electron chi connectivity index (χ0n) is 21.0. The van der Waals surface area contributed by atoms with E-state index in [1.807, 2.05) is 22.0 Å². The quantitative estimate of drug-likeness (QED) is 0.411. The number of thioether (sulfide) groups is 2. The first kappa shape index (κ1) is 24.9. The molecule has 2 saturated heterocycles. The van der Waals surface area contributed by atoms with Gasteiger partial charge in [-0.05, 0) is 19.1 Å². The maximum atomic E-state index is 13.2. The van der Waals surface area contributed by atoms with Crippen molar-refractivity contribution in [3.63, 3.8) is 0 Å². The number of carbonyl (C=O) groups is 2. The van der Waals surface area contributed by atoms with Crippen LogP contribution >= 0.6 is 23.5 Å². The van der Waals surface area contributed by atoms with Gasteiger partial charge in [0.05, 0.1) is 49.3 Å². The molecule has 3 fully saturated rings. The number of morpholine rings is 1. The largest absolute Gasteiger partial charge is 0.378 e. The zero-order valence-corrected chi connectivity index (χ0v) is 22.6. The molecule has 5 heterocycles. The molecule has 198 valence electrons. The van der Waals surface area contributed by atoms with Crippen LogP contribution in [0.4, 0.5) is 5.82 Å². The van der Waals surface area contributed by atoms with Crippen LogP contribution in [0.25, 0.3) is 11.0 Å². The fraction of sp³-hybridized carbons (Fsp3) is 0.667. The molecule has 11 nitrogen and oxygen atoms in total. The normalized spacial score (nSPS) is 25.7. The molecule has 2 aromatic heterocycles. The van der Waals surface area contributed by atoms with Gasteiger partial charge in [0.25, 0.3) is 0 Å². The number of amidine groups is 1. The van der Waals surface area contributed by atoms with Gasteiger partial charge in [-0.3, -0.25) is 19.5 Å². The Morgan fingerprint density at radius 1 is 1.24 bits per heavy atom. The van der Waals surface area contributed by atoms with Crippen LogP contribution in [-0.2, 0) is 20.9 Å². The molecule has 0 radical (unpaired) electrons. The number of amides is 2. The van der Waals surface area contributed by atoms with Crippen molar-refractivity contribution in [1.29, 1.82) is 0 Å². The second-order valence-electron chi connectivity index (χ2n) is 9.84. The molecular weight excluding hydrogens is 512 g/mol. The van der Waals surface area contributed by atoms with Crippen LogP contribution in [-0.4, -0.2) is 98.6 Å². The van der Waals surface area contributed by atoms with E-state index in [2.05, 4.69) is 15.3 Å². The second kappa shape index (κ2) is 10.8. The van der Waals surface area contributed by atoms with Crippen molar-refractivity contribution in [3.05, 3.63) is 6.20 Å². The van der Waals surface area contributed by atoms with Gasteiger partial charge in [-0.1, -0.05) is 36.4 Å². The smallest absolute Gasteiger partial charge is 0.234 e. The predicted octanol–water partition coefficient (Wildman–Crippen LogP) is 1.76. The topological polar surface area (TPSA) is 118 Å². The van der Waals surface area contributed by atoms with Crippen molar-refractivity contribution >= 4 is 57.4 Å². The van der Waals surface area contributed by atoms with Crippen LogP contribution in [0, 0.1) is 5.92 Å². The van der Waals surface area contributed by atoms with Crippen molar-refractivity contribution in [2.24, 2.45) is 10.9 Å². The second-order valence-corrected chi connectivity index (χ2v) is 11.6. The summed E-state index contributed by atoms with van der Waals surface area (Å²) in [5.74, 6) is 1.71. The zero-order chi connectivity index (χ0) is 25.4. The van der Waals surface area contributed by atoms with E-state index in [4.69, 9.17) is 19.7 Å². The third-order valence-electron chi connectivity index (χ3n) is 7.55. The molecule has 0 spiro atoms. The Balaban J connectivity index is 1.09. The molecule has 1 N–H and O–H groups in total. The van der Waals surface area contributed by atoms with Crippen LogP contribution in [0.3, 0.4) is 0 Å². The van der Waals surface area contributed by atoms with E-state index in [1.54, 1.807) is 11.8 Å². The number of rotatable bonds is 7. The molecule has 2 amide bonds. The monoisotopic (exact) mass is 544 g/mol. The maximum Gasteiger partial charge on any atom is 0.234 e. The van der Waals surface area contributed by atoms with Crippen LogP contribution in [0.2, 0.25) is 0 Å². The van der Waals surface area contributed by atoms with Gasteiger partial charge >= 0.3 is 0 Å². The molecule has 2 aromatic rings. The number of hydrogen-bond donors (Lipinski definition) is 1. The average Bonchev–Trinajstić information content (AvgIpc) is 3.53. The predicted molar refractivity (Wildman–Crippen MR) is 144 cm³/mol. The molecule has 0 aromatic carbocycles. The van der Waals surface area contributed by atoms with Crippen LogP contribution in [0.1, 0.15) is 32.1 Å². The Morgan fingerprint density at radius 2 is 2.08 bits per heavy atom. The van der Waals surface area contributed by atoms with Crippen molar-refractivity contribution in [1.82, 2.24) is 30.0 Å². The minimum Gasteiger partial charge on any atom is -0.378 e. The van der Waals surface area contributed by atoms with Crippen molar-refractivity contribution < 1.29 is 14.3 Å². The van der Waals surface area contributed by atoms with Crippen LogP contribution < -0.4 is 10.2 Å². The highest BCUT2D eigenvalue weighted by atomic mass is 32.2. The maximum absolute atomic E-state index is 13.2. The Labute approximate surface area is 224 Å². The number of nitrogens with one attached hydrogen (secondary N) is 1. The minimum atomic E-state index is -0.127. The van der Waals surface area contributed by atoms with Gasteiger partial charge in [0, 0.05) is 31.8 Å². The molecule has 3 unspecified atom stereocenters. The molecule has 1 saturated carbocycles. The molecule has 4 aliphatic rings. The summed E-state index contributed by atoms with van der Waals surface area (Å²) in [6.07, 6.45) is 8.20. The van der Waals surface area contributed by atoms with Gasteiger partial charge in [0.1, 0.15) is 5.82 Å². The highest BCUT2D eigenvalue weighted by Gasteiger charge is 2.45. The van der Waals surface area contributed by atoms with Crippen molar-refractivity contribution in [2.75, 3.05) is 49.8 Å². The fourth-order valence-corrected chi connectivity index (χ4v) is 7.20. The minimum absolute atomic E-state index is 0.00891. The lowest BCUT2D eigenvalue weighted by Gasteiger charge is -2.37. The van der Waals surface area contributed by atoms with Crippen molar-refractivity contribution in [2.45, 2.75) is 55.9 Å². The Kier molecular flexibility index (Phi) is 7.26. The van der Waals surface area contributed by atoms with Crippen molar-refractivity contribution in [3.8, 4) is 0 Å². The molecular formula is C24H32N8O3S2. The Bertz CT molecular complexity index is 1210. The molecule has 13 heteroatoms. The molecule has 0 bridgehead atoms. The Morgan fingerprint density at radius 3 is 2.92 bits per heavy atom. The van der Waals surface area contributed by atoms with Gasteiger partial charge in [-0.2, -0.15) is 5.10 Å². The lowest BCUT2D eigenvalue weighted by Crippen LogP contribution is -2.51. The summed E-state index contributed by atoms with van der Waals surface area (Å²) in [5, 5.41) is 9.99. The average molecular weight is 545 g/mol. The van der Waals surface area contributed by atoms with Crippen LogP contribution in [0.15, 0.2) is 16.3 Å². The first-order valence-electron chi connectivity index (χ1n) is 13.0.